The Bertz CT molecular complexity index is 683. The summed E-state index contributed by atoms with van der Waals surface area (Å²) in [5, 5.41) is 9.11. The molecule has 5 heteroatoms. The number of ether oxygens (including phenoxy) is 2. The van der Waals surface area contributed by atoms with Crippen molar-refractivity contribution in [3.63, 3.8) is 0 Å². The van der Waals surface area contributed by atoms with E-state index in [2.05, 4.69) is 4.98 Å². The zero-order chi connectivity index (χ0) is 13.1. The minimum atomic E-state index is -0.190. The Balaban J connectivity index is 2.85. The van der Waals surface area contributed by atoms with Gasteiger partial charge in [-0.25, -0.2) is 0 Å². The van der Waals surface area contributed by atoms with E-state index in [4.69, 9.17) is 14.7 Å². The van der Waals surface area contributed by atoms with Crippen molar-refractivity contribution in [2.75, 3.05) is 14.2 Å². The van der Waals surface area contributed by atoms with Crippen molar-refractivity contribution in [2.45, 2.75) is 6.42 Å². The van der Waals surface area contributed by atoms with Gasteiger partial charge in [0.2, 0.25) is 0 Å². The third-order valence-corrected chi connectivity index (χ3v) is 2.68. The lowest BCUT2D eigenvalue weighted by Gasteiger charge is -2.10. The van der Waals surface area contributed by atoms with Gasteiger partial charge in [0.05, 0.1) is 37.6 Å². The van der Waals surface area contributed by atoms with Crippen LogP contribution in [0.25, 0.3) is 10.9 Å². The van der Waals surface area contributed by atoms with Gasteiger partial charge in [0.1, 0.15) is 11.5 Å². The number of nitriles is 1. The molecule has 1 aromatic carbocycles. The van der Waals surface area contributed by atoms with E-state index in [1.807, 2.05) is 6.07 Å². The summed E-state index contributed by atoms with van der Waals surface area (Å²) in [4.78, 5) is 15.1. The van der Waals surface area contributed by atoms with Gasteiger partial charge in [-0.2, -0.15) is 5.26 Å². The summed E-state index contributed by atoms with van der Waals surface area (Å²) in [7, 11) is 3.03. The number of benzene rings is 1. The first-order valence-electron chi connectivity index (χ1n) is 5.35. The zero-order valence-corrected chi connectivity index (χ0v) is 10.1. The molecule has 2 aromatic rings. The third kappa shape index (κ3) is 1.89. The minimum absolute atomic E-state index is 0.144. The Morgan fingerprint density at radius 1 is 1.28 bits per heavy atom. The molecule has 1 N–H and O–H groups in total. The van der Waals surface area contributed by atoms with Crippen LogP contribution in [0.15, 0.2) is 23.0 Å². The number of nitrogens with one attached hydrogen (secondary N) is 1. The fourth-order valence-corrected chi connectivity index (χ4v) is 1.88. The van der Waals surface area contributed by atoms with Crippen LogP contribution in [0.2, 0.25) is 0 Å². The van der Waals surface area contributed by atoms with E-state index >= 15 is 0 Å². The lowest BCUT2D eigenvalue weighted by atomic mass is 10.1. The molecule has 1 aromatic heterocycles. The highest BCUT2D eigenvalue weighted by Gasteiger charge is 2.12. The van der Waals surface area contributed by atoms with Gasteiger partial charge >= 0.3 is 0 Å². The fraction of sp³-hybridized carbons (Fsp3) is 0.231. The number of hydrogen-bond acceptors (Lipinski definition) is 4. The van der Waals surface area contributed by atoms with Crippen molar-refractivity contribution < 1.29 is 9.47 Å². The molecule has 5 nitrogen and oxygen atoms in total. The second-order valence-electron chi connectivity index (χ2n) is 3.71. The fourth-order valence-electron chi connectivity index (χ4n) is 1.88. The maximum Gasteiger partial charge on any atom is 0.193 e. The van der Waals surface area contributed by atoms with Crippen LogP contribution in [0.3, 0.4) is 0 Å². The molecule has 2 rings (SSSR count). The van der Waals surface area contributed by atoms with Crippen LogP contribution in [0.1, 0.15) is 5.69 Å². The highest BCUT2D eigenvalue weighted by atomic mass is 16.5. The average molecular weight is 244 g/mol. The molecule has 0 radical (unpaired) electrons. The van der Waals surface area contributed by atoms with E-state index in [0.717, 1.165) is 0 Å². The number of aromatic amines is 1. The van der Waals surface area contributed by atoms with E-state index < -0.39 is 0 Å². The monoisotopic (exact) mass is 244 g/mol. The van der Waals surface area contributed by atoms with Crippen molar-refractivity contribution in [1.29, 1.82) is 5.26 Å². The van der Waals surface area contributed by atoms with Gasteiger partial charge in [-0.15, -0.1) is 0 Å². The molecule has 0 atom stereocenters. The van der Waals surface area contributed by atoms with Gasteiger partial charge in [-0.05, 0) is 12.1 Å². The third-order valence-electron chi connectivity index (χ3n) is 2.68. The summed E-state index contributed by atoms with van der Waals surface area (Å²) in [5.41, 5.74) is 0.918. The van der Waals surface area contributed by atoms with E-state index in [1.54, 1.807) is 12.1 Å². The van der Waals surface area contributed by atoms with Gasteiger partial charge < -0.3 is 14.5 Å². The predicted molar refractivity (Wildman–Crippen MR) is 67.0 cm³/mol. The Morgan fingerprint density at radius 3 is 2.56 bits per heavy atom. The highest BCUT2D eigenvalue weighted by molar-refractivity contribution is 5.90. The van der Waals surface area contributed by atoms with E-state index in [-0.39, 0.29) is 11.8 Å². The summed E-state index contributed by atoms with van der Waals surface area (Å²) in [6.45, 7) is 0. The summed E-state index contributed by atoms with van der Waals surface area (Å²) < 4.78 is 10.4. The first-order valence-corrected chi connectivity index (χ1v) is 5.35. The number of methoxy groups -OCH3 is 2. The molecular formula is C13H12N2O3. The molecule has 0 spiro atoms. The minimum Gasteiger partial charge on any atom is -0.496 e. The second kappa shape index (κ2) is 4.80. The van der Waals surface area contributed by atoms with Crippen LogP contribution < -0.4 is 14.9 Å². The van der Waals surface area contributed by atoms with Gasteiger partial charge in [-0.3, -0.25) is 4.79 Å². The van der Waals surface area contributed by atoms with Crippen LogP contribution in [0, 0.1) is 11.3 Å². The molecule has 0 amide bonds. The Morgan fingerprint density at radius 2 is 1.94 bits per heavy atom. The van der Waals surface area contributed by atoms with E-state index in [1.165, 1.54) is 20.3 Å². The number of hydrogen-bond donors (Lipinski definition) is 1. The standard InChI is InChI=1S/C13H12N2O3/c1-17-10-3-4-11(18-2)13-12(10)9(16)7-8(15-13)5-6-14/h3-4,7H,5H2,1-2H3,(H,15,16). The molecule has 0 aliphatic heterocycles. The molecule has 0 aliphatic carbocycles. The number of nitrogens with zero attached hydrogens (tertiary/aromatic N) is 1. The number of H-pyrrole nitrogens is 1. The molecule has 0 saturated heterocycles. The maximum absolute atomic E-state index is 12.1. The van der Waals surface area contributed by atoms with Gasteiger partial charge in [0.25, 0.3) is 0 Å². The summed E-state index contributed by atoms with van der Waals surface area (Å²) in [5.74, 6) is 1.03. The Hall–Kier alpha value is -2.48. The van der Waals surface area contributed by atoms with Crippen molar-refractivity contribution >= 4 is 10.9 Å². The molecule has 0 aliphatic rings. The van der Waals surface area contributed by atoms with E-state index in [0.29, 0.717) is 28.1 Å². The van der Waals surface area contributed by atoms with Gasteiger partial charge in [-0.1, -0.05) is 0 Å². The molecule has 0 bridgehead atoms. The molecule has 18 heavy (non-hydrogen) atoms. The van der Waals surface area contributed by atoms with Crippen molar-refractivity contribution in [3.8, 4) is 17.6 Å². The lowest BCUT2D eigenvalue weighted by Crippen LogP contribution is -2.07. The Kier molecular flexibility index (Phi) is 3.20. The summed E-state index contributed by atoms with van der Waals surface area (Å²) in [6.07, 6.45) is 0.144. The molecule has 92 valence electrons. The molecule has 0 saturated carbocycles. The highest BCUT2D eigenvalue weighted by Crippen LogP contribution is 2.29. The number of aromatic nitrogens is 1. The lowest BCUT2D eigenvalue weighted by molar-refractivity contribution is 0.409. The van der Waals surface area contributed by atoms with Crippen LogP contribution in [0.4, 0.5) is 0 Å². The second-order valence-corrected chi connectivity index (χ2v) is 3.71. The first-order chi connectivity index (χ1) is 8.71. The normalized spacial score (nSPS) is 10.1. The van der Waals surface area contributed by atoms with Gasteiger partial charge in [0, 0.05) is 11.8 Å². The average Bonchev–Trinajstić information content (AvgIpc) is 2.37. The van der Waals surface area contributed by atoms with Crippen LogP contribution in [0.5, 0.6) is 11.5 Å². The van der Waals surface area contributed by atoms with Gasteiger partial charge in [0.15, 0.2) is 5.43 Å². The topological polar surface area (TPSA) is 75.1 Å². The van der Waals surface area contributed by atoms with Crippen molar-refractivity contribution in [1.82, 2.24) is 4.98 Å². The summed E-state index contributed by atoms with van der Waals surface area (Å²) in [6, 6.07) is 6.81. The molecule has 1 heterocycles. The van der Waals surface area contributed by atoms with Crippen LogP contribution in [-0.2, 0) is 6.42 Å². The number of pyridine rings is 1. The molecular weight excluding hydrogens is 232 g/mol. The van der Waals surface area contributed by atoms with Crippen molar-refractivity contribution in [2.24, 2.45) is 0 Å². The zero-order valence-electron chi connectivity index (χ0n) is 10.1. The SMILES string of the molecule is COc1ccc(OC)c2c(=O)cc(CC#N)[nH]c12. The van der Waals surface area contributed by atoms with Crippen LogP contribution in [-0.4, -0.2) is 19.2 Å². The van der Waals surface area contributed by atoms with E-state index in [9.17, 15) is 4.79 Å². The maximum atomic E-state index is 12.1. The largest absolute Gasteiger partial charge is 0.496 e. The number of rotatable bonds is 3. The molecule has 0 fully saturated rings. The van der Waals surface area contributed by atoms with Crippen molar-refractivity contribution in [3.05, 3.63) is 34.1 Å². The van der Waals surface area contributed by atoms with Crippen LogP contribution >= 0.6 is 0 Å². The summed E-state index contributed by atoms with van der Waals surface area (Å²) >= 11 is 0. The smallest absolute Gasteiger partial charge is 0.193 e. The molecule has 0 unspecified atom stereocenters. The first kappa shape index (κ1) is 12.0. The Labute approximate surface area is 104 Å². The number of fused-ring (bicyclic) bond motifs is 1. The predicted octanol–water partition coefficient (Wildman–Crippen LogP) is 1.61. The quantitative estimate of drug-likeness (QED) is 0.890.